The van der Waals surface area contributed by atoms with E-state index in [0.29, 0.717) is 6.54 Å². The lowest BCUT2D eigenvalue weighted by molar-refractivity contribution is -0.124. The minimum absolute atomic E-state index is 0.556. The summed E-state index contributed by atoms with van der Waals surface area (Å²) in [6.07, 6.45) is 2.95. The van der Waals surface area contributed by atoms with Crippen LogP contribution in [0.4, 0.5) is 5.69 Å². The highest BCUT2D eigenvalue weighted by atomic mass is 16.5. The Balaban J connectivity index is 1.76. The third kappa shape index (κ3) is 3.80. The van der Waals surface area contributed by atoms with Crippen molar-refractivity contribution in [2.24, 2.45) is 0 Å². The van der Waals surface area contributed by atoms with Gasteiger partial charge in [0.25, 0.3) is 5.91 Å². The molecule has 1 amide bonds. The molecule has 0 fully saturated rings. The minimum Gasteiger partial charge on any atom is -0.380 e. The number of hydrogen-bond acceptors (Lipinski definition) is 3. The van der Waals surface area contributed by atoms with Gasteiger partial charge in [-0.1, -0.05) is 54.6 Å². The van der Waals surface area contributed by atoms with E-state index in [1.165, 1.54) is 22.4 Å². The standard InChI is InChI=1S/C20H18N2O2/c23-20(22-24)12-11-17-6-3-4-8-19(17)21-14-15-9-10-16-5-1-2-7-18(16)13-15/h1-13,21,24H,14H2,(H,22,23)/b12-11+. The molecule has 4 nitrogen and oxygen atoms in total. The van der Waals surface area contributed by atoms with Crippen molar-refractivity contribution < 1.29 is 10.0 Å². The zero-order valence-electron chi connectivity index (χ0n) is 13.1. The van der Waals surface area contributed by atoms with Crippen LogP contribution >= 0.6 is 0 Å². The molecule has 120 valence electrons. The second-order valence-corrected chi connectivity index (χ2v) is 5.43. The van der Waals surface area contributed by atoms with Gasteiger partial charge in [-0.25, -0.2) is 5.48 Å². The summed E-state index contributed by atoms with van der Waals surface area (Å²) in [7, 11) is 0. The van der Waals surface area contributed by atoms with Gasteiger partial charge < -0.3 is 5.32 Å². The van der Waals surface area contributed by atoms with Crippen molar-refractivity contribution in [3.8, 4) is 0 Å². The molecule has 0 saturated heterocycles. The fraction of sp³-hybridized carbons (Fsp3) is 0.0500. The molecule has 0 bridgehead atoms. The van der Waals surface area contributed by atoms with Crippen molar-refractivity contribution >= 4 is 28.4 Å². The Kier molecular flexibility index (Phi) is 4.89. The number of hydrogen-bond donors (Lipinski definition) is 3. The van der Waals surface area contributed by atoms with Gasteiger partial charge in [-0.3, -0.25) is 10.0 Å². The van der Waals surface area contributed by atoms with Crippen molar-refractivity contribution in [2.45, 2.75) is 6.54 Å². The van der Waals surface area contributed by atoms with E-state index in [-0.39, 0.29) is 0 Å². The van der Waals surface area contributed by atoms with Gasteiger partial charge in [0, 0.05) is 18.3 Å². The molecule has 3 rings (SSSR count). The Hall–Kier alpha value is -3.11. The smallest absolute Gasteiger partial charge is 0.267 e. The minimum atomic E-state index is -0.556. The molecule has 0 spiro atoms. The van der Waals surface area contributed by atoms with Gasteiger partial charge in [0.2, 0.25) is 0 Å². The molecule has 0 unspecified atom stereocenters. The van der Waals surface area contributed by atoms with Crippen LogP contribution < -0.4 is 10.8 Å². The lowest BCUT2D eigenvalue weighted by Crippen LogP contribution is -2.14. The summed E-state index contributed by atoms with van der Waals surface area (Å²) >= 11 is 0. The normalized spacial score (nSPS) is 10.9. The molecule has 0 saturated carbocycles. The summed E-state index contributed by atoms with van der Waals surface area (Å²) in [6.45, 7) is 0.682. The number of nitrogens with one attached hydrogen (secondary N) is 2. The monoisotopic (exact) mass is 318 g/mol. The molecule has 4 heteroatoms. The fourth-order valence-electron chi connectivity index (χ4n) is 2.55. The molecular formula is C20H18N2O2. The number of amides is 1. The van der Waals surface area contributed by atoms with E-state index in [1.807, 2.05) is 36.4 Å². The molecule has 3 N–H and O–H groups in total. The molecule has 0 aromatic heterocycles. The highest BCUT2D eigenvalue weighted by molar-refractivity contribution is 5.91. The van der Waals surface area contributed by atoms with Crippen LogP contribution in [0.25, 0.3) is 16.8 Å². The van der Waals surface area contributed by atoms with Gasteiger partial charge in [-0.15, -0.1) is 0 Å². The summed E-state index contributed by atoms with van der Waals surface area (Å²) in [5, 5.41) is 14.4. The van der Waals surface area contributed by atoms with Crippen LogP contribution in [0.1, 0.15) is 11.1 Å². The Morgan fingerprint density at radius 2 is 1.71 bits per heavy atom. The highest BCUT2D eigenvalue weighted by Crippen LogP contribution is 2.20. The second kappa shape index (κ2) is 7.44. The van der Waals surface area contributed by atoms with E-state index in [2.05, 4.69) is 35.6 Å². The number of hydroxylamine groups is 1. The van der Waals surface area contributed by atoms with Crippen LogP contribution in [0.2, 0.25) is 0 Å². The number of benzene rings is 3. The molecule has 0 aliphatic rings. The van der Waals surface area contributed by atoms with Crippen LogP contribution in [0, 0.1) is 0 Å². The van der Waals surface area contributed by atoms with Gasteiger partial charge >= 0.3 is 0 Å². The van der Waals surface area contributed by atoms with Gasteiger partial charge in [-0.05, 0) is 40.1 Å². The SMILES string of the molecule is O=C(/C=C/c1ccccc1NCc1ccc2ccccc2c1)NO. The third-order valence-corrected chi connectivity index (χ3v) is 3.78. The van der Waals surface area contributed by atoms with Crippen LogP contribution in [0.5, 0.6) is 0 Å². The van der Waals surface area contributed by atoms with E-state index in [0.717, 1.165) is 11.3 Å². The Morgan fingerprint density at radius 3 is 2.54 bits per heavy atom. The molecule has 0 aliphatic heterocycles. The first-order chi connectivity index (χ1) is 11.8. The lowest BCUT2D eigenvalue weighted by Gasteiger charge is -2.10. The highest BCUT2D eigenvalue weighted by Gasteiger charge is 2.01. The predicted octanol–water partition coefficient (Wildman–Crippen LogP) is 3.97. The van der Waals surface area contributed by atoms with Crippen molar-refractivity contribution in [1.29, 1.82) is 0 Å². The molecule has 0 atom stereocenters. The van der Waals surface area contributed by atoms with Crippen molar-refractivity contribution in [3.05, 3.63) is 83.9 Å². The summed E-state index contributed by atoms with van der Waals surface area (Å²) in [5.74, 6) is -0.556. The van der Waals surface area contributed by atoms with Crippen LogP contribution in [0.15, 0.2) is 72.8 Å². The molecule has 3 aromatic carbocycles. The molecule has 0 heterocycles. The number of para-hydroxylation sites is 1. The number of carbonyl (C=O) groups excluding carboxylic acids is 1. The third-order valence-electron chi connectivity index (χ3n) is 3.78. The molecule has 3 aromatic rings. The van der Waals surface area contributed by atoms with E-state index < -0.39 is 5.91 Å². The maximum Gasteiger partial charge on any atom is 0.267 e. The number of fused-ring (bicyclic) bond motifs is 1. The first kappa shape index (κ1) is 15.8. The lowest BCUT2D eigenvalue weighted by atomic mass is 10.1. The van der Waals surface area contributed by atoms with Crippen LogP contribution in [-0.4, -0.2) is 11.1 Å². The maximum absolute atomic E-state index is 11.1. The largest absolute Gasteiger partial charge is 0.380 e. The Bertz CT molecular complexity index is 887. The maximum atomic E-state index is 11.1. The van der Waals surface area contributed by atoms with Gasteiger partial charge in [0.1, 0.15) is 0 Å². The molecule has 0 radical (unpaired) electrons. The van der Waals surface area contributed by atoms with E-state index in [9.17, 15) is 4.79 Å². The van der Waals surface area contributed by atoms with Gasteiger partial charge in [-0.2, -0.15) is 0 Å². The number of carbonyl (C=O) groups is 1. The Morgan fingerprint density at radius 1 is 0.958 bits per heavy atom. The summed E-state index contributed by atoms with van der Waals surface area (Å²) in [6, 6.07) is 22.3. The Labute approximate surface area is 140 Å². The average molecular weight is 318 g/mol. The fourth-order valence-corrected chi connectivity index (χ4v) is 2.55. The first-order valence-electron chi connectivity index (χ1n) is 7.69. The van der Waals surface area contributed by atoms with Crippen molar-refractivity contribution in [1.82, 2.24) is 5.48 Å². The van der Waals surface area contributed by atoms with E-state index in [1.54, 1.807) is 11.6 Å². The predicted molar refractivity (Wildman–Crippen MR) is 96.7 cm³/mol. The van der Waals surface area contributed by atoms with Crippen molar-refractivity contribution in [2.75, 3.05) is 5.32 Å². The molecule has 0 aliphatic carbocycles. The van der Waals surface area contributed by atoms with Gasteiger partial charge in [0.15, 0.2) is 0 Å². The zero-order chi connectivity index (χ0) is 16.8. The van der Waals surface area contributed by atoms with Crippen LogP contribution in [-0.2, 0) is 11.3 Å². The van der Waals surface area contributed by atoms with Gasteiger partial charge in [0.05, 0.1) is 0 Å². The van der Waals surface area contributed by atoms with E-state index >= 15 is 0 Å². The van der Waals surface area contributed by atoms with Crippen LogP contribution in [0.3, 0.4) is 0 Å². The summed E-state index contributed by atoms with van der Waals surface area (Å²) < 4.78 is 0. The second-order valence-electron chi connectivity index (χ2n) is 5.43. The summed E-state index contributed by atoms with van der Waals surface area (Å²) in [4.78, 5) is 11.1. The van der Waals surface area contributed by atoms with E-state index in [4.69, 9.17) is 5.21 Å². The number of anilines is 1. The molecule has 24 heavy (non-hydrogen) atoms. The first-order valence-corrected chi connectivity index (χ1v) is 7.69. The summed E-state index contributed by atoms with van der Waals surface area (Å²) in [5.41, 5.74) is 4.56. The average Bonchev–Trinajstić information content (AvgIpc) is 2.64. The number of rotatable bonds is 5. The van der Waals surface area contributed by atoms with Crippen molar-refractivity contribution in [3.63, 3.8) is 0 Å². The topological polar surface area (TPSA) is 61.4 Å². The zero-order valence-corrected chi connectivity index (χ0v) is 13.1. The molecular weight excluding hydrogens is 300 g/mol. The quantitative estimate of drug-likeness (QED) is 0.379.